The normalized spacial score (nSPS) is 30.3. The number of methoxy groups -OCH3 is 1. The van der Waals surface area contributed by atoms with Crippen molar-refractivity contribution in [3.05, 3.63) is 23.8 Å². The van der Waals surface area contributed by atoms with Gasteiger partial charge in [0.05, 0.1) is 13.7 Å². The fraction of sp³-hybridized carbons (Fsp3) is 0.600. The first-order valence-electron chi connectivity index (χ1n) is 6.96. The maximum Gasteiger partial charge on any atom is 0.124 e. The molecule has 3 rings (SSSR count). The van der Waals surface area contributed by atoms with Crippen LogP contribution in [0.5, 0.6) is 11.5 Å². The van der Waals surface area contributed by atoms with Gasteiger partial charge in [-0.2, -0.15) is 0 Å². The van der Waals surface area contributed by atoms with Crippen LogP contribution in [-0.4, -0.2) is 26.4 Å². The molecule has 104 valence electrons. The zero-order valence-corrected chi connectivity index (χ0v) is 11.3. The summed E-state index contributed by atoms with van der Waals surface area (Å²) in [7, 11) is 1.67. The lowest BCUT2D eigenvalue weighted by atomic mass is 9.87. The molecule has 0 aromatic heterocycles. The molecule has 1 saturated heterocycles. The maximum absolute atomic E-state index is 6.29. The van der Waals surface area contributed by atoms with Crippen molar-refractivity contribution in [2.24, 2.45) is 11.7 Å². The highest BCUT2D eigenvalue weighted by atomic mass is 16.5. The standard InChI is InChI=1S/C15H21NO3/c1-17-11-4-5-14-12(7-11)13(16)8-15(19-14)10-3-2-6-18-9-10/h4-5,7,10,13,15H,2-3,6,8-9,16H2,1H3. The minimum Gasteiger partial charge on any atom is -0.497 e. The molecule has 1 aromatic rings. The van der Waals surface area contributed by atoms with Crippen LogP contribution in [0.1, 0.15) is 30.9 Å². The van der Waals surface area contributed by atoms with Gasteiger partial charge in [-0.15, -0.1) is 0 Å². The molecule has 4 heteroatoms. The molecule has 2 heterocycles. The number of hydrogen-bond donors (Lipinski definition) is 1. The Morgan fingerprint density at radius 2 is 2.26 bits per heavy atom. The van der Waals surface area contributed by atoms with Gasteiger partial charge in [0, 0.05) is 30.6 Å². The van der Waals surface area contributed by atoms with E-state index in [4.69, 9.17) is 19.9 Å². The predicted molar refractivity (Wildman–Crippen MR) is 72.5 cm³/mol. The van der Waals surface area contributed by atoms with Crippen LogP contribution < -0.4 is 15.2 Å². The van der Waals surface area contributed by atoms with Crippen LogP contribution >= 0.6 is 0 Å². The lowest BCUT2D eigenvalue weighted by Crippen LogP contribution is -2.38. The molecular weight excluding hydrogens is 242 g/mol. The van der Waals surface area contributed by atoms with Crippen LogP contribution in [0, 0.1) is 5.92 Å². The summed E-state index contributed by atoms with van der Waals surface area (Å²) in [5, 5.41) is 0. The zero-order chi connectivity index (χ0) is 13.2. The number of rotatable bonds is 2. The minimum atomic E-state index is 0.0192. The Kier molecular flexibility index (Phi) is 3.62. The SMILES string of the molecule is COc1ccc2c(c1)C(N)CC(C1CCCOC1)O2. The topological polar surface area (TPSA) is 53.7 Å². The second-order valence-corrected chi connectivity index (χ2v) is 5.38. The van der Waals surface area contributed by atoms with E-state index < -0.39 is 0 Å². The number of hydrogen-bond acceptors (Lipinski definition) is 4. The van der Waals surface area contributed by atoms with E-state index in [1.807, 2.05) is 18.2 Å². The second-order valence-electron chi connectivity index (χ2n) is 5.38. The summed E-state index contributed by atoms with van der Waals surface area (Å²) in [6.07, 6.45) is 3.32. The molecular formula is C15H21NO3. The fourth-order valence-corrected chi connectivity index (χ4v) is 2.99. The first-order valence-corrected chi connectivity index (χ1v) is 6.96. The zero-order valence-electron chi connectivity index (χ0n) is 11.3. The Morgan fingerprint density at radius 3 is 3.00 bits per heavy atom. The van der Waals surface area contributed by atoms with Gasteiger partial charge in [0.15, 0.2) is 0 Å². The Bertz CT molecular complexity index is 443. The average molecular weight is 263 g/mol. The second kappa shape index (κ2) is 5.39. The van der Waals surface area contributed by atoms with Crippen molar-refractivity contribution >= 4 is 0 Å². The molecule has 0 amide bonds. The van der Waals surface area contributed by atoms with Gasteiger partial charge in [-0.05, 0) is 31.0 Å². The summed E-state index contributed by atoms with van der Waals surface area (Å²) >= 11 is 0. The van der Waals surface area contributed by atoms with Gasteiger partial charge in [0.1, 0.15) is 17.6 Å². The molecule has 2 aliphatic rings. The van der Waals surface area contributed by atoms with Gasteiger partial charge in [-0.1, -0.05) is 0 Å². The van der Waals surface area contributed by atoms with Crippen molar-refractivity contribution < 1.29 is 14.2 Å². The van der Waals surface area contributed by atoms with Crippen molar-refractivity contribution in [3.63, 3.8) is 0 Å². The number of ether oxygens (including phenoxy) is 3. The Balaban J connectivity index is 1.79. The first kappa shape index (κ1) is 12.8. The lowest BCUT2D eigenvalue weighted by Gasteiger charge is -2.36. The van der Waals surface area contributed by atoms with Crippen molar-refractivity contribution in [1.82, 2.24) is 0 Å². The van der Waals surface area contributed by atoms with Gasteiger partial charge in [-0.3, -0.25) is 0 Å². The van der Waals surface area contributed by atoms with Gasteiger partial charge in [0.2, 0.25) is 0 Å². The van der Waals surface area contributed by atoms with Crippen LogP contribution in [-0.2, 0) is 4.74 Å². The summed E-state index contributed by atoms with van der Waals surface area (Å²) in [6, 6.07) is 5.88. The largest absolute Gasteiger partial charge is 0.497 e. The lowest BCUT2D eigenvalue weighted by molar-refractivity contribution is -0.00927. The van der Waals surface area contributed by atoms with E-state index in [0.29, 0.717) is 5.92 Å². The predicted octanol–water partition coefficient (Wildman–Crippen LogP) is 2.27. The molecule has 3 atom stereocenters. The van der Waals surface area contributed by atoms with Crippen LogP contribution in [0.25, 0.3) is 0 Å². The van der Waals surface area contributed by atoms with Crippen molar-refractivity contribution in [2.75, 3.05) is 20.3 Å². The highest BCUT2D eigenvalue weighted by Gasteiger charge is 2.33. The highest BCUT2D eigenvalue weighted by Crippen LogP contribution is 2.39. The summed E-state index contributed by atoms with van der Waals surface area (Å²) in [5.41, 5.74) is 7.34. The summed E-state index contributed by atoms with van der Waals surface area (Å²) < 4.78 is 16.9. The van der Waals surface area contributed by atoms with Crippen molar-refractivity contribution in [1.29, 1.82) is 0 Å². The molecule has 0 aliphatic carbocycles. The van der Waals surface area contributed by atoms with Crippen LogP contribution in [0.3, 0.4) is 0 Å². The highest BCUT2D eigenvalue weighted by molar-refractivity contribution is 5.43. The van der Waals surface area contributed by atoms with E-state index in [0.717, 1.165) is 43.1 Å². The summed E-state index contributed by atoms with van der Waals surface area (Å²) in [4.78, 5) is 0. The Morgan fingerprint density at radius 1 is 1.37 bits per heavy atom. The number of fused-ring (bicyclic) bond motifs is 1. The van der Waals surface area contributed by atoms with Gasteiger partial charge in [0.25, 0.3) is 0 Å². The molecule has 0 radical (unpaired) electrons. The fourth-order valence-electron chi connectivity index (χ4n) is 2.99. The van der Waals surface area contributed by atoms with Crippen molar-refractivity contribution in [3.8, 4) is 11.5 Å². The maximum atomic E-state index is 6.29. The minimum absolute atomic E-state index is 0.0192. The van der Waals surface area contributed by atoms with E-state index >= 15 is 0 Å². The third-order valence-corrected chi connectivity index (χ3v) is 4.10. The third-order valence-electron chi connectivity index (χ3n) is 4.10. The van der Waals surface area contributed by atoms with Gasteiger partial charge in [-0.25, -0.2) is 0 Å². The van der Waals surface area contributed by atoms with E-state index in [1.54, 1.807) is 7.11 Å². The first-order chi connectivity index (χ1) is 9.28. The van der Waals surface area contributed by atoms with E-state index in [1.165, 1.54) is 6.42 Å². The third kappa shape index (κ3) is 2.55. The Labute approximate surface area is 113 Å². The summed E-state index contributed by atoms with van der Waals surface area (Å²) in [6.45, 7) is 1.67. The summed E-state index contributed by atoms with van der Waals surface area (Å²) in [5.74, 6) is 2.20. The average Bonchev–Trinajstić information content (AvgIpc) is 2.48. The molecule has 2 N–H and O–H groups in total. The van der Waals surface area contributed by atoms with Gasteiger partial charge < -0.3 is 19.9 Å². The molecule has 1 fully saturated rings. The Hall–Kier alpha value is -1.26. The molecule has 0 bridgehead atoms. The van der Waals surface area contributed by atoms with E-state index in [-0.39, 0.29) is 12.1 Å². The quantitative estimate of drug-likeness (QED) is 0.889. The van der Waals surface area contributed by atoms with Gasteiger partial charge >= 0.3 is 0 Å². The monoisotopic (exact) mass is 263 g/mol. The number of nitrogens with two attached hydrogens (primary N) is 1. The molecule has 3 unspecified atom stereocenters. The smallest absolute Gasteiger partial charge is 0.124 e. The number of benzene rings is 1. The molecule has 0 saturated carbocycles. The van der Waals surface area contributed by atoms with E-state index in [2.05, 4.69) is 0 Å². The van der Waals surface area contributed by atoms with Crippen molar-refractivity contribution in [2.45, 2.75) is 31.4 Å². The van der Waals surface area contributed by atoms with Crippen LogP contribution in [0.2, 0.25) is 0 Å². The van der Waals surface area contributed by atoms with E-state index in [9.17, 15) is 0 Å². The molecule has 19 heavy (non-hydrogen) atoms. The van der Waals surface area contributed by atoms with Crippen LogP contribution in [0.4, 0.5) is 0 Å². The molecule has 0 spiro atoms. The molecule has 2 aliphatic heterocycles. The van der Waals surface area contributed by atoms with Crippen LogP contribution in [0.15, 0.2) is 18.2 Å². The molecule has 4 nitrogen and oxygen atoms in total. The molecule has 1 aromatic carbocycles.